The SMILES string of the molecule is COc1ccc(-c2cc(C(F)(F)F)n3nc(C(=O)N4CCCC(C(C)F)C4)cc3n2)cc1. The fourth-order valence-corrected chi connectivity index (χ4v) is 3.92. The van der Waals surface area contributed by atoms with Gasteiger partial charge >= 0.3 is 6.18 Å². The van der Waals surface area contributed by atoms with Crippen molar-refractivity contribution in [2.45, 2.75) is 32.1 Å². The number of benzene rings is 1. The third kappa shape index (κ3) is 4.26. The molecule has 0 aliphatic carbocycles. The summed E-state index contributed by atoms with van der Waals surface area (Å²) in [6, 6.07) is 8.60. The smallest absolute Gasteiger partial charge is 0.433 e. The Morgan fingerprint density at radius 3 is 2.56 bits per heavy atom. The first-order chi connectivity index (χ1) is 15.2. The highest BCUT2D eigenvalue weighted by Gasteiger charge is 2.36. The van der Waals surface area contributed by atoms with Crippen molar-refractivity contribution in [2.75, 3.05) is 20.2 Å². The van der Waals surface area contributed by atoms with Crippen molar-refractivity contribution in [1.29, 1.82) is 0 Å². The van der Waals surface area contributed by atoms with Crippen molar-refractivity contribution >= 4 is 11.6 Å². The van der Waals surface area contributed by atoms with Gasteiger partial charge in [0.15, 0.2) is 17.0 Å². The van der Waals surface area contributed by atoms with Crippen LogP contribution in [-0.2, 0) is 6.18 Å². The maximum absolute atomic E-state index is 13.8. The second kappa shape index (κ2) is 8.40. The Morgan fingerprint density at radius 2 is 1.94 bits per heavy atom. The molecule has 6 nitrogen and oxygen atoms in total. The summed E-state index contributed by atoms with van der Waals surface area (Å²) < 4.78 is 60.8. The fourth-order valence-electron chi connectivity index (χ4n) is 3.92. The highest BCUT2D eigenvalue weighted by molar-refractivity contribution is 5.93. The normalized spacial score (nSPS) is 18.1. The average molecular weight is 450 g/mol. The zero-order valence-electron chi connectivity index (χ0n) is 17.6. The van der Waals surface area contributed by atoms with Crippen LogP contribution in [-0.4, -0.2) is 51.8 Å². The van der Waals surface area contributed by atoms with Gasteiger partial charge in [0.25, 0.3) is 5.91 Å². The fraction of sp³-hybridized carbons (Fsp3) is 0.409. The first-order valence-corrected chi connectivity index (χ1v) is 10.2. The van der Waals surface area contributed by atoms with Crippen LogP contribution in [0.3, 0.4) is 0 Å². The van der Waals surface area contributed by atoms with Gasteiger partial charge in [0, 0.05) is 30.6 Å². The molecule has 0 N–H and O–H groups in total. The minimum Gasteiger partial charge on any atom is -0.497 e. The number of carbonyl (C=O) groups excluding carboxylic acids is 1. The number of halogens is 4. The average Bonchev–Trinajstić information content (AvgIpc) is 3.21. The van der Waals surface area contributed by atoms with Gasteiger partial charge in [-0.25, -0.2) is 13.9 Å². The molecule has 3 heterocycles. The van der Waals surface area contributed by atoms with Crippen molar-refractivity contribution in [3.05, 3.63) is 47.8 Å². The molecule has 1 amide bonds. The second-order valence-corrected chi connectivity index (χ2v) is 7.88. The Kier molecular flexibility index (Phi) is 5.79. The number of aromatic nitrogens is 3. The molecule has 1 aromatic carbocycles. The van der Waals surface area contributed by atoms with Gasteiger partial charge in [-0.15, -0.1) is 0 Å². The first-order valence-electron chi connectivity index (χ1n) is 10.2. The van der Waals surface area contributed by atoms with Crippen LogP contribution in [0.15, 0.2) is 36.4 Å². The number of amides is 1. The first kappa shape index (κ1) is 22.0. The van der Waals surface area contributed by atoms with Gasteiger partial charge < -0.3 is 9.64 Å². The third-order valence-corrected chi connectivity index (χ3v) is 5.72. The van der Waals surface area contributed by atoms with E-state index in [1.165, 1.54) is 25.0 Å². The van der Waals surface area contributed by atoms with Gasteiger partial charge in [-0.2, -0.15) is 18.3 Å². The molecule has 2 unspecified atom stereocenters. The predicted molar refractivity (Wildman–Crippen MR) is 109 cm³/mol. The van der Waals surface area contributed by atoms with E-state index in [2.05, 4.69) is 10.1 Å². The van der Waals surface area contributed by atoms with E-state index in [1.807, 2.05) is 0 Å². The molecular weight excluding hydrogens is 428 g/mol. The number of hydrogen-bond acceptors (Lipinski definition) is 4. The lowest BCUT2D eigenvalue weighted by Crippen LogP contribution is -2.42. The molecule has 170 valence electrons. The summed E-state index contributed by atoms with van der Waals surface area (Å²) in [5.41, 5.74) is -0.732. The molecule has 1 saturated heterocycles. The number of likely N-dealkylation sites (tertiary alicyclic amines) is 1. The zero-order valence-corrected chi connectivity index (χ0v) is 17.6. The number of hydrogen-bond donors (Lipinski definition) is 0. The summed E-state index contributed by atoms with van der Waals surface area (Å²) in [4.78, 5) is 18.7. The summed E-state index contributed by atoms with van der Waals surface area (Å²) in [5, 5.41) is 3.92. The van der Waals surface area contributed by atoms with Gasteiger partial charge in [0.05, 0.1) is 12.8 Å². The van der Waals surface area contributed by atoms with Crippen molar-refractivity contribution < 1.29 is 27.1 Å². The molecular formula is C22H22F4N4O2. The molecule has 1 fully saturated rings. The molecule has 0 saturated carbocycles. The summed E-state index contributed by atoms with van der Waals surface area (Å²) in [6.07, 6.45) is -4.49. The topological polar surface area (TPSA) is 59.7 Å². The Bertz CT molecular complexity index is 1130. The molecule has 10 heteroatoms. The number of rotatable bonds is 4. The molecule has 2 atom stereocenters. The number of methoxy groups -OCH3 is 1. The maximum Gasteiger partial charge on any atom is 0.433 e. The largest absolute Gasteiger partial charge is 0.497 e. The summed E-state index contributed by atoms with van der Waals surface area (Å²) in [6.45, 7) is 2.07. The van der Waals surface area contributed by atoms with Crippen LogP contribution in [0, 0.1) is 5.92 Å². The highest BCUT2D eigenvalue weighted by atomic mass is 19.4. The van der Waals surface area contributed by atoms with Crippen LogP contribution in [0.1, 0.15) is 35.9 Å². The van der Waals surface area contributed by atoms with Gasteiger partial charge in [-0.05, 0) is 50.1 Å². The molecule has 0 radical (unpaired) electrons. The van der Waals surface area contributed by atoms with Crippen LogP contribution in [0.4, 0.5) is 17.6 Å². The van der Waals surface area contributed by atoms with E-state index in [1.54, 1.807) is 24.3 Å². The van der Waals surface area contributed by atoms with Crippen LogP contribution in [0.5, 0.6) is 5.75 Å². The van der Waals surface area contributed by atoms with Crippen LogP contribution in [0.25, 0.3) is 16.9 Å². The molecule has 4 rings (SSSR count). The van der Waals surface area contributed by atoms with E-state index < -0.39 is 23.9 Å². The summed E-state index contributed by atoms with van der Waals surface area (Å²) in [5.74, 6) is -0.263. The van der Waals surface area contributed by atoms with Crippen LogP contribution in [0.2, 0.25) is 0 Å². The van der Waals surface area contributed by atoms with Gasteiger partial charge in [0.2, 0.25) is 0 Å². The Labute approximate surface area is 181 Å². The highest BCUT2D eigenvalue weighted by Crippen LogP contribution is 2.33. The van der Waals surface area contributed by atoms with E-state index in [0.717, 1.165) is 6.07 Å². The van der Waals surface area contributed by atoms with E-state index in [0.29, 0.717) is 35.2 Å². The molecule has 1 aliphatic heterocycles. The Morgan fingerprint density at radius 1 is 1.22 bits per heavy atom. The molecule has 32 heavy (non-hydrogen) atoms. The number of ether oxygens (including phenoxy) is 1. The molecule has 2 aromatic heterocycles. The van der Waals surface area contributed by atoms with Gasteiger partial charge in [-0.1, -0.05) is 0 Å². The lowest BCUT2D eigenvalue weighted by molar-refractivity contribution is -0.142. The van der Waals surface area contributed by atoms with E-state index >= 15 is 0 Å². The maximum atomic E-state index is 13.8. The van der Waals surface area contributed by atoms with Crippen molar-refractivity contribution in [3.8, 4) is 17.0 Å². The van der Waals surface area contributed by atoms with Crippen molar-refractivity contribution in [2.24, 2.45) is 5.92 Å². The molecule has 0 spiro atoms. The standard InChI is InChI=1S/C22H22F4N4O2/c1-13(23)15-4-3-9-29(12-15)21(31)18-11-20-27-17(14-5-7-16(32-2)8-6-14)10-19(22(24,25)26)30(20)28-18/h5-8,10-11,13,15H,3-4,9,12H2,1-2H3. The molecule has 0 bridgehead atoms. The number of carbonyl (C=O) groups is 1. The number of fused-ring (bicyclic) bond motifs is 1. The van der Waals surface area contributed by atoms with Crippen molar-refractivity contribution in [3.63, 3.8) is 0 Å². The quantitative estimate of drug-likeness (QED) is 0.544. The van der Waals surface area contributed by atoms with Gasteiger partial charge in [0.1, 0.15) is 11.9 Å². The number of piperidine rings is 1. The summed E-state index contributed by atoms with van der Waals surface area (Å²) in [7, 11) is 1.49. The van der Waals surface area contributed by atoms with E-state index in [9.17, 15) is 22.4 Å². The van der Waals surface area contributed by atoms with E-state index in [-0.39, 0.29) is 29.5 Å². The molecule has 3 aromatic rings. The predicted octanol–water partition coefficient (Wildman–Crippen LogP) is 4.63. The zero-order chi connectivity index (χ0) is 23.0. The van der Waals surface area contributed by atoms with Crippen LogP contribution < -0.4 is 4.74 Å². The van der Waals surface area contributed by atoms with Crippen LogP contribution >= 0.6 is 0 Å². The number of alkyl halides is 4. The summed E-state index contributed by atoms with van der Waals surface area (Å²) >= 11 is 0. The lowest BCUT2D eigenvalue weighted by Gasteiger charge is -2.33. The molecule has 1 aliphatic rings. The Balaban J connectivity index is 1.74. The third-order valence-electron chi connectivity index (χ3n) is 5.72. The Hall–Kier alpha value is -3.17. The minimum absolute atomic E-state index is 0.0932. The number of nitrogens with zero attached hydrogens (tertiary/aromatic N) is 4. The van der Waals surface area contributed by atoms with Gasteiger partial charge in [-0.3, -0.25) is 4.79 Å². The minimum atomic E-state index is -4.71. The van der Waals surface area contributed by atoms with E-state index in [4.69, 9.17) is 4.74 Å². The monoisotopic (exact) mass is 450 g/mol. The van der Waals surface area contributed by atoms with Crippen molar-refractivity contribution in [1.82, 2.24) is 19.5 Å². The second-order valence-electron chi connectivity index (χ2n) is 7.88. The lowest BCUT2D eigenvalue weighted by atomic mass is 9.94.